The summed E-state index contributed by atoms with van der Waals surface area (Å²) in [4.78, 5) is 40.4. The Morgan fingerprint density at radius 1 is 0.953 bits per heavy atom. The molecule has 5 N–H and O–H groups in total. The summed E-state index contributed by atoms with van der Waals surface area (Å²) in [7, 11) is -2.50. The average Bonchev–Trinajstić information content (AvgIpc) is 3.53. The van der Waals surface area contributed by atoms with E-state index in [9.17, 15) is 37.6 Å². The van der Waals surface area contributed by atoms with E-state index in [2.05, 4.69) is 10.1 Å². The minimum atomic E-state index is -5.01. The van der Waals surface area contributed by atoms with E-state index < -0.39 is 63.2 Å². The van der Waals surface area contributed by atoms with Crippen molar-refractivity contribution in [3.63, 3.8) is 0 Å². The Hall–Kier alpha value is -4.37. The molecule has 2 aliphatic heterocycles. The molecule has 222 valence electrons. The number of alkyl halides is 3. The van der Waals surface area contributed by atoms with E-state index in [1.165, 1.54) is 42.5 Å². The van der Waals surface area contributed by atoms with Crippen molar-refractivity contribution in [1.29, 1.82) is 0 Å². The van der Waals surface area contributed by atoms with Crippen LogP contribution in [0.3, 0.4) is 0 Å². The Labute approximate surface area is 243 Å². The Kier molecular flexibility index (Phi) is 8.46. The van der Waals surface area contributed by atoms with Gasteiger partial charge < -0.3 is 40.0 Å². The van der Waals surface area contributed by atoms with Gasteiger partial charge in [-0.2, -0.15) is 0 Å². The maximum Gasteiger partial charge on any atom is 0.573 e. The number of halogens is 3. The highest BCUT2D eigenvalue weighted by molar-refractivity contribution is 6.62. The van der Waals surface area contributed by atoms with Gasteiger partial charge in [-0.1, -0.05) is 30.3 Å². The fourth-order valence-corrected chi connectivity index (χ4v) is 4.84. The van der Waals surface area contributed by atoms with Crippen molar-refractivity contribution >= 4 is 42.9 Å². The van der Waals surface area contributed by atoms with Crippen LogP contribution in [0.4, 0.5) is 13.2 Å². The number of para-hydroxylation sites is 1. The summed E-state index contributed by atoms with van der Waals surface area (Å²) in [6, 6.07) is 12.5. The Balaban J connectivity index is 1.44. The zero-order valence-corrected chi connectivity index (χ0v) is 22.3. The monoisotopic (exact) mass is 597 g/mol. The van der Waals surface area contributed by atoms with E-state index in [4.69, 9.17) is 15.0 Å². The number of hydrogen-bond donors (Lipinski definition) is 4. The molecule has 5 rings (SSSR count). The maximum atomic E-state index is 13.8. The van der Waals surface area contributed by atoms with Crippen LogP contribution in [0.25, 0.3) is 0 Å². The maximum absolute atomic E-state index is 13.8. The predicted molar refractivity (Wildman–Crippen MR) is 146 cm³/mol. The van der Waals surface area contributed by atoms with Crippen molar-refractivity contribution in [1.82, 2.24) is 10.2 Å². The van der Waals surface area contributed by atoms with Crippen LogP contribution in [-0.2, 0) is 33.9 Å². The van der Waals surface area contributed by atoms with Crippen LogP contribution in [0.2, 0.25) is 0 Å². The molecule has 11 nitrogen and oxygen atoms in total. The molecule has 43 heavy (non-hydrogen) atoms. The number of primary amides is 1. The van der Waals surface area contributed by atoms with Gasteiger partial charge in [0.25, 0.3) is 11.8 Å². The fourth-order valence-electron chi connectivity index (χ4n) is 4.84. The molecule has 3 aromatic rings. The molecule has 0 saturated heterocycles. The highest BCUT2D eigenvalue weighted by atomic mass is 19.4. The molecule has 0 saturated carbocycles. The molecule has 0 spiro atoms. The molecule has 16 heteroatoms. The second-order valence-corrected chi connectivity index (χ2v) is 9.92. The lowest BCUT2D eigenvalue weighted by Gasteiger charge is -2.28. The third-order valence-electron chi connectivity index (χ3n) is 7.02. The lowest BCUT2D eigenvalue weighted by molar-refractivity contribution is -0.275. The molecular weight excluding hydrogens is 573 g/mol. The van der Waals surface area contributed by atoms with Gasteiger partial charge in [-0.25, -0.2) is 0 Å². The Morgan fingerprint density at radius 3 is 2.14 bits per heavy atom. The van der Waals surface area contributed by atoms with Crippen molar-refractivity contribution < 1.29 is 51.6 Å². The van der Waals surface area contributed by atoms with Crippen molar-refractivity contribution in [3.05, 3.63) is 88.5 Å². The van der Waals surface area contributed by atoms with E-state index >= 15 is 0 Å². The molecule has 3 aromatic carbocycles. The zero-order chi connectivity index (χ0) is 30.9. The number of fused-ring (bicyclic) bond motifs is 2. The third-order valence-corrected chi connectivity index (χ3v) is 7.02. The Bertz CT molecular complexity index is 1570. The summed E-state index contributed by atoms with van der Waals surface area (Å²) in [5, 5.41) is 22.5. The van der Waals surface area contributed by atoms with Crippen LogP contribution < -0.4 is 26.7 Å². The lowest BCUT2D eigenvalue weighted by Crippen LogP contribution is -2.52. The zero-order valence-electron chi connectivity index (χ0n) is 22.3. The number of ether oxygens (including phenoxy) is 1. The second-order valence-electron chi connectivity index (χ2n) is 9.92. The van der Waals surface area contributed by atoms with Gasteiger partial charge in [0, 0.05) is 23.2 Å². The second kappa shape index (κ2) is 12.1. The molecular formula is C27H24B2F3N3O8. The standard InChI is InChI=1S/C27H24B2F3N3O8/c30-27(31,32)43-23-4-2-1-3-17(23)11-35(26(38)16-6-8-19-14-42-29(40)21(19)10-16)12-22(24(33)36)34-25(37)15-5-7-18-13-41-28(39)20(18)9-15/h1-10,22,39-40H,11-14H2,(H2,33,36)(H,34,37)/t22-/m0/s1. The van der Waals surface area contributed by atoms with Crippen molar-refractivity contribution in [2.24, 2.45) is 5.73 Å². The van der Waals surface area contributed by atoms with Gasteiger partial charge in [0.1, 0.15) is 11.8 Å². The normalized spacial score (nSPS) is 14.6. The largest absolute Gasteiger partial charge is 0.573 e. The molecule has 1 atom stereocenters. The molecule has 0 unspecified atom stereocenters. The summed E-state index contributed by atoms with van der Waals surface area (Å²) in [5.74, 6) is -3.07. The number of nitrogens with two attached hydrogens (primary N) is 1. The first kappa shape index (κ1) is 30.1. The molecule has 2 heterocycles. The number of rotatable bonds is 9. The third kappa shape index (κ3) is 6.83. The van der Waals surface area contributed by atoms with Gasteiger partial charge in [0.05, 0.1) is 19.8 Å². The minimum absolute atomic E-state index is 0.0414. The summed E-state index contributed by atoms with van der Waals surface area (Å²) < 4.78 is 53.7. The van der Waals surface area contributed by atoms with E-state index in [0.717, 1.165) is 11.0 Å². The van der Waals surface area contributed by atoms with E-state index in [1.807, 2.05) is 0 Å². The number of amides is 3. The predicted octanol–water partition coefficient (Wildman–Crippen LogP) is -0.0531. The number of nitrogens with zero attached hydrogens (tertiary/aromatic N) is 1. The highest BCUT2D eigenvalue weighted by Gasteiger charge is 2.34. The number of benzene rings is 3. The molecule has 0 aromatic heterocycles. The van der Waals surface area contributed by atoms with Gasteiger partial charge >= 0.3 is 20.6 Å². The summed E-state index contributed by atoms with van der Waals surface area (Å²) in [6.45, 7) is -0.723. The molecule has 2 aliphatic rings. The van der Waals surface area contributed by atoms with Crippen molar-refractivity contribution in [2.75, 3.05) is 6.54 Å². The summed E-state index contributed by atoms with van der Waals surface area (Å²) in [5.41, 5.74) is 7.70. The first-order valence-corrected chi connectivity index (χ1v) is 13.0. The average molecular weight is 597 g/mol. The minimum Gasteiger partial charge on any atom is -0.423 e. The van der Waals surface area contributed by atoms with Crippen LogP contribution in [0.1, 0.15) is 37.4 Å². The van der Waals surface area contributed by atoms with Crippen LogP contribution in [0.15, 0.2) is 60.7 Å². The van der Waals surface area contributed by atoms with Gasteiger partial charge in [0.2, 0.25) is 5.91 Å². The topological polar surface area (TPSA) is 161 Å². The van der Waals surface area contributed by atoms with Crippen LogP contribution in [0, 0.1) is 0 Å². The number of carbonyl (C=O) groups excluding carboxylic acids is 3. The van der Waals surface area contributed by atoms with Gasteiger partial charge in [-0.15, -0.1) is 13.2 Å². The van der Waals surface area contributed by atoms with E-state index in [1.54, 1.807) is 12.1 Å². The molecule has 0 radical (unpaired) electrons. The molecule has 0 fully saturated rings. The fraction of sp³-hybridized carbons (Fsp3) is 0.222. The van der Waals surface area contributed by atoms with Gasteiger partial charge in [-0.05, 0) is 52.4 Å². The van der Waals surface area contributed by atoms with Crippen molar-refractivity contribution in [2.45, 2.75) is 32.2 Å². The van der Waals surface area contributed by atoms with Crippen molar-refractivity contribution in [3.8, 4) is 5.75 Å². The summed E-state index contributed by atoms with van der Waals surface area (Å²) in [6.07, 6.45) is -5.01. The quantitative estimate of drug-likeness (QED) is 0.250. The highest BCUT2D eigenvalue weighted by Crippen LogP contribution is 2.28. The molecule has 0 bridgehead atoms. The smallest absolute Gasteiger partial charge is 0.423 e. The lowest BCUT2D eigenvalue weighted by atomic mass is 9.78. The van der Waals surface area contributed by atoms with Crippen LogP contribution >= 0.6 is 0 Å². The number of hydrogen-bond acceptors (Lipinski definition) is 8. The van der Waals surface area contributed by atoms with E-state index in [0.29, 0.717) is 22.1 Å². The molecule has 0 aliphatic carbocycles. The first-order chi connectivity index (χ1) is 20.4. The first-order valence-electron chi connectivity index (χ1n) is 13.0. The number of nitrogens with one attached hydrogen (secondary N) is 1. The molecule has 3 amide bonds. The van der Waals surface area contributed by atoms with E-state index in [-0.39, 0.29) is 29.9 Å². The SMILES string of the molecule is NC(=O)[C@H](CN(Cc1ccccc1OC(F)(F)F)C(=O)c1ccc2c(c1)B(O)OC2)NC(=O)c1ccc2c(c1)B(O)OC2. The summed E-state index contributed by atoms with van der Waals surface area (Å²) >= 11 is 0. The van der Waals surface area contributed by atoms with Gasteiger partial charge in [0.15, 0.2) is 0 Å². The Morgan fingerprint density at radius 2 is 1.53 bits per heavy atom. The van der Waals surface area contributed by atoms with Crippen LogP contribution in [0.5, 0.6) is 5.75 Å². The number of carbonyl (C=O) groups is 3. The van der Waals surface area contributed by atoms with Gasteiger partial charge in [-0.3, -0.25) is 14.4 Å². The van der Waals surface area contributed by atoms with Crippen LogP contribution in [-0.4, -0.2) is 65.9 Å².